The van der Waals surface area contributed by atoms with Crippen LogP contribution in [0.1, 0.15) is 19.3 Å². The molecule has 158 valence electrons. The molecule has 2 aromatic rings. The number of nitrogens with zero attached hydrogens (tertiary/aromatic N) is 4. The first-order valence-corrected chi connectivity index (χ1v) is 10.8. The van der Waals surface area contributed by atoms with Crippen molar-refractivity contribution in [2.24, 2.45) is 5.92 Å². The molecule has 0 radical (unpaired) electrons. The second kappa shape index (κ2) is 9.47. The van der Waals surface area contributed by atoms with Gasteiger partial charge in [-0.05, 0) is 31.2 Å². The summed E-state index contributed by atoms with van der Waals surface area (Å²) in [6.45, 7) is 1.29. The van der Waals surface area contributed by atoms with E-state index in [0.29, 0.717) is 23.3 Å². The highest BCUT2D eigenvalue weighted by Crippen LogP contribution is 2.32. The number of carbonyl (C=O) groups excluding carboxylic acids is 1. The molecule has 11 heteroatoms. The maximum absolute atomic E-state index is 12.7. The largest absolute Gasteiger partial charge is 0.480 e. The summed E-state index contributed by atoms with van der Waals surface area (Å²) >= 11 is 0. The number of hydrogen-bond donors (Lipinski definition) is 2. The van der Waals surface area contributed by atoms with Crippen LogP contribution < -0.4 is 15.2 Å². The van der Waals surface area contributed by atoms with Crippen LogP contribution in [0.25, 0.3) is 10.8 Å². The minimum atomic E-state index is -1.83. The Morgan fingerprint density at radius 2 is 2.03 bits per heavy atom. The Hall–Kier alpha value is -2.29. The molecule has 10 nitrogen and oxygen atoms in total. The number of carbonyl (C=O) groups is 1. The number of ether oxygens (including phenoxy) is 2. The van der Waals surface area contributed by atoms with Crippen molar-refractivity contribution in [3.63, 3.8) is 0 Å². The van der Waals surface area contributed by atoms with Crippen molar-refractivity contribution >= 4 is 30.9 Å². The molecule has 0 aliphatic carbocycles. The zero-order valence-corrected chi connectivity index (χ0v) is 17.3. The van der Waals surface area contributed by atoms with Crippen molar-refractivity contribution in [1.82, 2.24) is 14.8 Å². The van der Waals surface area contributed by atoms with Crippen LogP contribution in [0.4, 0.5) is 5.82 Å². The van der Waals surface area contributed by atoms with E-state index in [1.54, 1.807) is 6.07 Å². The topological polar surface area (TPSA) is 127 Å². The first-order valence-electron chi connectivity index (χ1n) is 9.34. The highest BCUT2D eigenvalue weighted by molar-refractivity contribution is 7.45. The first-order chi connectivity index (χ1) is 13.9. The summed E-state index contributed by atoms with van der Waals surface area (Å²) in [5.74, 6) is 0.786. The second-order valence-electron chi connectivity index (χ2n) is 6.95. The predicted molar refractivity (Wildman–Crippen MR) is 108 cm³/mol. The van der Waals surface area contributed by atoms with Crippen LogP contribution in [0.3, 0.4) is 0 Å². The van der Waals surface area contributed by atoms with E-state index >= 15 is 0 Å². The summed E-state index contributed by atoms with van der Waals surface area (Å²) in [4.78, 5) is 49.1. The molecule has 1 saturated heterocycles. The van der Waals surface area contributed by atoms with Crippen LogP contribution in [0.15, 0.2) is 17.1 Å². The number of aromatic nitrogens is 3. The number of anilines is 1. The second-order valence-corrected chi connectivity index (χ2v) is 8.14. The Morgan fingerprint density at radius 3 is 2.66 bits per heavy atom. The van der Waals surface area contributed by atoms with Gasteiger partial charge in [0.15, 0.2) is 8.38 Å². The van der Waals surface area contributed by atoms with Gasteiger partial charge in [0.25, 0.3) is 5.56 Å². The van der Waals surface area contributed by atoms with Gasteiger partial charge in [0, 0.05) is 24.6 Å². The number of esters is 1. The summed E-state index contributed by atoms with van der Waals surface area (Å²) in [7, 11) is 0.868. The lowest BCUT2D eigenvalue weighted by Crippen LogP contribution is -2.34. The molecule has 0 unspecified atom stereocenters. The fourth-order valence-electron chi connectivity index (χ4n) is 3.52. The molecule has 3 rings (SSSR count). The molecule has 0 atom stereocenters. The van der Waals surface area contributed by atoms with Gasteiger partial charge in [-0.3, -0.25) is 9.59 Å². The number of fused-ring (bicyclic) bond motifs is 1. The van der Waals surface area contributed by atoms with Crippen molar-refractivity contribution in [3.05, 3.63) is 22.6 Å². The maximum Gasteiger partial charge on any atom is 0.327 e. The standard InChI is InChI=1S/C18H25N4O6P/c1-27-15(23)11-22-18(24)16-13(10-19-22)9-14(20-17(16)28-2)21-6-3-12(4-7-21)5-8-29(25)26/h9-10,12,25-26H,3-8,11H2,1-2H3. The number of methoxy groups -OCH3 is 2. The maximum atomic E-state index is 12.7. The van der Waals surface area contributed by atoms with E-state index in [1.165, 1.54) is 20.4 Å². The third-order valence-corrected chi connectivity index (χ3v) is 5.82. The summed E-state index contributed by atoms with van der Waals surface area (Å²) in [6, 6.07) is 1.80. The molecule has 0 saturated carbocycles. The molecule has 0 bridgehead atoms. The van der Waals surface area contributed by atoms with Gasteiger partial charge >= 0.3 is 5.97 Å². The van der Waals surface area contributed by atoms with Gasteiger partial charge < -0.3 is 24.2 Å². The van der Waals surface area contributed by atoms with Gasteiger partial charge in [0.1, 0.15) is 17.7 Å². The summed E-state index contributed by atoms with van der Waals surface area (Å²) < 4.78 is 11.0. The van der Waals surface area contributed by atoms with Crippen molar-refractivity contribution in [3.8, 4) is 5.88 Å². The van der Waals surface area contributed by atoms with Crippen molar-refractivity contribution in [1.29, 1.82) is 0 Å². The van der Waals surface area contributed by atoms with Crippen LogP contribution in [-0.4, -0.2) is 64.0 Å². The molecular weight excluding hydrogens is 399 g/mol. The number of piperidine rings is 1. The van der Waals surface area contributed by atoms with Crippen molar-refractivity contribution < 1.29 is 24.1 Å². The molecule has 3 heterocycles. The molecule has 1 fully saturated rings. The minimum Gasteiger partial charge on any atom is -0.480 e. The molecule has 2 N–H and O–H groups in total. The lowest BCUT2D eigenvalue weighted by Gasteiger charge is -2.33. The van der Waals surface area contributed by atoms with Crippen LogP contribution >= 0.6 is 8.38 Å². The molecule has 0 amide bonds. The van der Waals surface area contributed by atoms with Gasteiger partial charge in [-0.1, -0.05) is 0 Å². The fraction of sp³-hybridized carbons (Fsp3) is 0.556. The van der Waals surface area contributed by atoms with Crippen LogP contribution in [0.5, 0.6) is 5.88 Å². The monoisotopic (exact) mass is 424 g/mol. The quantitative estimate of drug-likeness (QED) is 0.492. The summed E-state index contributed by atoms with van der Waals surface area (Å²) in [6.07, 6.45) is 4.65. The molecule has 0 spiro atoms. The summed E-state index contributed by atoms with van der Waals surface area (Å²) in [5, 5.41) is 4.92. The van der Waals surface area contributed by atoms with Crippen molar-refractivity contribution in [2.75, 3.05) is 38.4 Å². The molecule has 1 aliphatic rings. The fourth-order valence-corrected chi connectivity index (χ4v) is 4.11. The van der Waals surface area contributed by atoms with E-state index in [2.05, 4.69) is 19.7 Å². The highest BCUT2D eigenvalue weighted by Gasteiger charge is 2.23. The number of hydrogen-bond acceptors (Lipinski definition) is 9. The van der Waals surface area contributed by atoms with Crippen molar-refractivity contribution in [2.45, 2.75) is 25.8 Å². The summed E-state index contributed by atoms with van der Waals surface area (Å²) in [5.41, 5.74) is -0.466. The van der Waals surface area contributed by atoms with Gasteiger partial charge in [0.05, 0.1) is 20.4 Å². The Balaban J connectivity index is 1.83. The van der Waals surface area contributed by atoms with E-state index < -0.39 is 19.9 Å². The van der Waals surface area contributed by atoms with Gasteiger partial charge in [-0.25, -0.2) is 4.68 Å². The van der Waals surface area contributed by atoms with E-state index in [-0.39, 0.29) is 17.8 Å². The van der Waals surface area contributed by atoms with Crippen LogP contribution in [0, 0.1) is 5.92 Å². The van der Waals surface area contributed by atoms with E-state index in [0.717, 1.165) is 37.0 Å². The molecule has 2 aromatic heterocycles. The normalized spacial score (nSPS) is 15.1. The van der Waals surface area contributed by atoms with E-state index in [4.69, 9.17) is 14.5 Å². The number of rotatable bonds is 7. The average molecular weight is 424 g/mol. The Morgan fingerprint density at radius 1 is 1.31 bits per heavy atom. The lowest BCUT2D eigenvalue weighted by molar-refractivity contribution is -0.141. The third kappa shape index (κ3) is 5.01. The minimum absolute atomic E-state index is 0.192. The first kappa shape index (κ1) is 21.4. The Bertz CT molecular complexity index is 926. The molecule has 1 aliphatic heterocycles. The molecular formula is C18H25N4O6P. The Labute approximate surface area is 169 Å². The highest BCUT2D eigenvalue weighted by atomic mass is 31.2. The predicted octanol–water partition coefficient (Wildman–Crippen LogP) is 0.876. The third-order valence-electron chi connectivity index (χ3n) is 5.16. The molecule has 29 heavy (non-hydrogen) atoms. The van der Waals surface area contributed by atoms with Crippen LogP contribution in [-0.2, 0) is 16.1 Å². The van der Waals surface area contributed by atoms with Crippen LogP contribution in [0.2, 0.25) is 0 Å². The smallest absolute Gasteiger partial charge is 0.327 e. The van der Waals surface area contributed by atoms with E-state index in [9.17, 15) is 9.59 Å². The zero-order chi connectivity index (χ0) is 21.0. The SMILES string of the molecule is COC(=O)Cn1ncc2cc(N3CCC(CCP(O)O)CC3)nc(OC)c2c1=O. The number of pyridine rings is 1. The van der Waals surface area contributed by atoms with E-state index in [1.807, 2.05) is 0 Å². The van der Waals surface area contributed by atoms with Gasteiger partial charge in [-0.2, -0.15) is 10.1 Å². The average Bonchev–Trinajstić information content (AvgIpc) is 2.73. The van der Waals surface area contributed by atoms with Gasteiger partial charge in [-0.15, -0.1) is 0 Å². The lowest BCUT2D eigenvalue weighted by atomic mass is 9.94. The zero-order valence-electron chi connectivity index (χ0n) is 16.4. The molecule has 0 aromatic carbocycles. The van der Waals surface area contributed by atoms with Gasteiger partial charge in [0.2, 0.25) is 5.88 Å². The Kier molecular flexibility index (Phi) is 7.00.